The quantitative estimate of drug-likeness (QED) is 0.846. The first kappa shape index (κ1) is 15.1. The third kappa shape index (κ3) is 3.50. The predicted molar refractivity (Wildman–Crippen MR) is 68.5 cm³/mol. The minimum absolute atomic E-state index is 0.0889. The fourth-order valence-corrected chi connectivity index (χ4v) is 2.23. The molecule has 1 rings (SSSR count). The van der Waals surface area contributed by atoms with E-state index in [1.807, 2.05) is 13.8 Å². The lowest BCUT2D eigenvalue weighted by Crippen LogP contribution is -2.43. The van der Waals surface area contributed by atoms with Gasteiger partial charge in [0.15, 0.2) is 0 Å². The van der Waals surface area contributed by atoms with Crippen LogP contribution in [-0.2, 0) is 11.2 Å². The topological polar surface area (TPSA) is 21.3 Å². The van der Waals surface area contributed by atoms with E-state index in [9.17, 15) is 8.78 Å². The van der Waals surface area contributed by atoms with Crippen LogP contribution in [0.2, 0.25) is 0 Å². The number of ether oxygens (including phenoxy) is 1. The van der Waals surface area contributed by atoms with Gasteiger partial charge in [0.1, 0.15) is 11.6 Å². The smallest absolute Gasteiger partial charge is 0.129 e. The Kier molecular flexibility index (Phi) is 5.69. The standard InChI is InChI=1S/C14H21F2NO/c1-9(2)14(18-4)13(17-3)8-10-11(15)6-5-7-12(10)16/h5-7,9,13-14,17H,8H2,1-4H3. The van der Waals surface area contributed by atoms with Gasteiger partial charge in [0, 0.05) is 18.7 Å². The SMILES string of the molecule is CNC(Cc1c(F)cccc1F)C(OC)C(C)C. The highest BCUT2D eigenvalue weighted by atomic mass is 19.1. The monoisotopic (exact) mass is 257 g/mol. The van der Waals surface area contributed by atoms with Crippen molar-refractivity contribution in [3.05, 3.63) is 35.4 Å². The van der Waals surface area contributed by atoms with Crippen LogP contribution < -0.4 is 5.32 Å². The van der Waals surface area contributed by atoms with Gasteiger partial charge >= 0.3 is 0 Å². The van der Waals surface area contributed by atoms with Gasteiger partial charge in [-0.15, -0.1) is 0 Å². The van der Waals surface area contributed by atoms with Crippen molar-refractivity contribution >= 4 is 0 Å². The van der Waals surface area contributed by atoms with Gasteiger partial charge < -0.3 is 10.1 Å². The zero-order valence-electron chi connectivity index (χ0n) is 11.3. The largest absolute Gasteiger partial charge is 0.380 e. The number of benzene rings is 1. The van der Waals surface area contributed by atoms with Crippen molar-refractivity contribution in [3.63, 3.8) is 0 Å². The highest BCUT2D eigenvalue weighted by molar-refractivity contribution is 5.21. The molecule has 0 bridgehead atoms. The lowest BCUT2D eigenvalue weighted by molar-refractivity contribution is 0.0349. The maximum atomic E-state index is 13.6. The molecule has 102 valence electrons. The summed E-state index contributed by atoms with van der Waals surface area (Å²) >= 11 is 0. The second kappa shape index (κ2) is 6.81. The summed E-state index contributed by atoms with van der Waals surface area (Å²) in [5, 5.41) is 3.08. The van der Waals surface area contributed by atoms with Gasteiger partial charge in [0.2, 0.25) is 0 Å². The average molecular weight is 257 g/mol. The number of halogens is 2. The van der Waals surface area contributed by atoms with E-state index in [0.29, 0.717) is 0 Å². The molecule has 1 N–H and O–H groups in total. The normalized spacial score (nSPS) is 14.8. The minimum Gasteiger partial charge on any atom is -0.380 e. The van der Waals surface area contributed by atoms with Crippen molar-refractivity contribution in [1.29, 1.82) is 0 Å². The van der Waals surface area contributed by atoms with Crippen LogP contribution in [0.3, 0.4) is 0 Å². The van der Waals surface area contributed by atoms with E-state index in [4.69, 9.17) is 4.74 Å². The maximum absolute atomic E-state index is 13.6. The molecule has 0 aromatic heterocycles. The van der Waals surface area contributed by atoms with Crippen molar-refractivity contribution in [2.24, 2.45) is 5.92 Å². The van der Waals surface area contributed by atoms with Crippen molar-refractivity contribution in [2.45, 2.75) is 32.4 Å². The third-order valence-corrected chi connectivity index (χ3v) is 3.18. The Morgan fingerprint density at radius 1 is 1.22 bits per heavy atom. The van der Waals surface area contributed by atoms with Crippen LogP contribution in [0.15, 0.2) is 18.2 Å². The molecule has 0 aliphatic carbocycles. The molecule has 2 nitrogen and oxygen atoms in total. The average Bonchev–Trinajstić information content (AvgIpc) is 2.32. The predicted octanol–water partition coefficient (Wildman–Crippen LogP) is 2.77. The lowest BCUT2D eigenvalue weighted by atomic mass is 9.93. The Morgan fingerprint density at radius 2 is 1.78 bits per heavy atom. The van der Waals surface area contributed by atoms with Crippen LogP contribution in [-0.4, -0.2) is 26.3 Å². The van der Waals surface area contributed by atoms with Crippen LogP contribution in [0.25, 0.3) is 0 Å². The first-order valence-electron chi connectivity index (χ1n) is 6.14. The van der Waals surface area contributed by atoms with Crippen LogP contribution in [0.5, 0.6) is 0 Å². The molecular weight excluding hydrogens is 236 g/mol. The summed E-state index contributed by atoms with van der Waals surface area (Å²) in [5.74, 6) is -0.745. The van der Waals surface area contributed by atoms with Crippen molar-refractivity contribution in [2.75, 3.05) is 14.2 Å². The molecule has 2 unspecified atom stereocenters. The number of nitrogens with one attached hydrogen (secondary N) is 1. The molecule has 0 radical (unpaired) electrons. The van der Waals surface area contributed by atoms with E-state index in [-0.39, 0.29) is 30.0 Å². The van der Waals surface area contributed by atoms with E-state index in [1.165, 1.54) is 18.2 Å². The molecule has 0 heterocycles. The van der Waals surface area contributed by atoms with Gasteiger partial charge in [0.25, 0.3) is 0 Å². The summed E-state index contributed by atoms with van der Waals surface area (Å²) in [6.45, 7) is 4.05. The van der Waals surface area contributed by atoms with Gasteiger partial charge in [-0.3, -0.25) is 0 Å². The molecule has 0 aliphatic heterocycles. The van der Waals surface area contributed by atoms with Crippen LogP contribution >= 0.6 is 0 Å². The second-order valence-electron chi connectivity index (χ2n) is 4.74. The molecule has 0 saturated heterocycles. The third-order valence-electron chi connectivity index (χ3n) is 3.18. The number of likely N-dealkylation sites (N-methyl/N-ethyl adjacent to an activating group) is 1. The van der Waals surface area contributed by atoms with Crippen LogP contribution in [0.4, 0.5) is 8.78 Å². The molecule has 4 heteroatoms. The van der Waals surface area contributed by atoms with Crippen molar-refractivity contribution in [3.8, 4) is 0 Å². The Balaban J connectivity index is 2.92. The van der Waals surface area contributed by atoms with Gasteiger partial charge in [-0.1, -0.05) is 19.9 Å². The van der Waals surface area contributed by atoms with E-state index in [0.717, 1.165) is 0 Å². The molecule has 0 spiro atoms. The van der Waals surface area contributed by atoms with Crippen molar-refractivity contribution < 1.29 is 13.5 Å². The van der Waals surface area contributed by atoms with Gasteiger partial charge in [-0.2, -0.15) is 0 Å². The van der Waals surface area contributed by atoms with E-state index in [1.54, 1.807) is 14.2 Å². The van der Waals surface area contributed by atoms with E-state index < -0.39 is 11.6 Å². The molecule has 18 heavy (non-hydrogen) atoms. The fraction of sp³-hybridized carbons (Fsp3) is 0.571. The van der Waals surface area contributed by atoms with Crippen LogP contribution in [0.1, 0.15) is 19.4 Å². The lowest BCUT2D eigenvalue weighted by Gasteiger charge is -2.29. The summed E-state index contributed by atoms with van der Waals surface area (Å²) in [6.07, 6.45) is 0.181. The first-order valence-corrected chi connectivity index (χ1v) is 6.14. The molecule has 0 saturated carbocycles. The molecule has 1 aromatic rings. The van der Waals surface area contributed by atoms with E-state index >= 15 is 0 Å². The second-order valence-corrected chi connectivity index (χ2v) is 4.74. The maximum Gasteiger partial charge on any atom is 0.129 e. The number of rotatable bonds is 6. The molecule has 0 aliphatic rings. The summed E-state index contributed by atoms with van der Waals surface area (Å²) < 4.78 is 32.6. The summed E-state index contributed by atoms with van der Waals surface area (Å²) in [5.41, 5.74) is 0.111. The molecule has 0 amide bonds. The number of hydrogen-bond acceptors (Lipinski definition) is 2. The van der Waals surface area contributed by atoms with Crippen molar-refractivity contribution in [1.82, 2.24) is 5.32 Å². The molecular formula is C14H21F2NO. The summed E-state index contributed by atoms with van der Waals surface area (Å²) in [4.78, 5) is 0. The van der Waals surface area contributed by atoms with Crippen LogP contribution in [0, 0.1) is 17.6 Å². The fourth-order valence-electron chi connectivity index (χ4n) is 2.23. The van der Waals surface area contributed by atoms with Gasteiger partial charge in [0.05, 0.1) is 6.10 Å². The Labute approximate surface area is 107 Å². The Morgan fingerprint density at radius 3 is 2.17 bits per heavy atom. The zero-order valence-corrected chi connectivity index (χ0v) is 11.3. The number of hydrogen-bond donors (Lipinski definition) is 1. The zero-order chi connectivity index (χ0) is 13.7. The highest BCUT2D eigenvalue weighted by Gasteiger charge is 2.25. The van der Waals surface area contributed by atoms with Gasteiger partial charge in [-0.25, -0.2) is 8.78 Å². The molecule has 1 aromatic carbocycles. The highest BCUT2D eigenvalue weighted by Crippen LogP contribution is 2.19. The molecule has 2 atom stereocenters. The Hall–Kier alpha value is -1.00. The molecule has 0 fully saturated rings. The first-order chi connectivity index (χ1) is 8.51. The summed E-state index contributed by atoms with van der Waals surface area (Å²) in [6, 6.07) is 3.81. The van der Waals surface area contributed by atoms with E-state index in [2.05, 4.69) is 5.32 Å². The number of methoxy groups -OCH3 is 1. The summed E-state index contributed by atoms with van der Waals surface area (Å²) in [7, 11) is 3.39. The Bertz CT molecular complexity index is 362. The minimum atomic E-state index is -0.506. The van der Waals surface area contributed by atoms with Gasteiger partial charge in [-0.05, 0) is 31.5 Å².